The number of nitrogens with one attached hydrogen (secondary N) is 1. The lowest BCUT2D eigenvalue weighted by Gasteiger charge is -2.33. The highest BCUT2D eigenvalue weighted by molar-refractivity contribution is 7.92. The Morgan fingerprint density at radius 1 is 1.00 bits per heavy atom. The van der Waals surface area contributed by atoms with Gasteiger partial charge in [0.1, 0.15) is 25.0 Å². The second kappa shape index (κ2) is 15.3. The van der Waals surface area contributed by atoms with E-state index in [1.807, 2.05) is 67.3 Å². The van der Waals surface area contributed by atoms with E-state index in [1.54, 1.807) is 28.6 Å². The lowest BCUT2D eigenvalue weighted by Crippen LogP contribution is -2.41. The summed E-state index contributed by atoms with van der Waals surface area (Å²) in [6, 6.07) is 11.4. The number of sulfonamides is 1. The van der Waals surface area contributed by atoms with Crippen LogP contribution in [0, 0.1) is 12.7 Å². The van der Waals surface area contributed by atoms with Crippen molar-refractivity contribution in [3.8, 4) is 0 Å². The number of nitrogens with zero attached hydrogens (tertiary/aromatic N) is 2. The number of aromatic nitrogens is 1. The van der Waals surface area contributed by atoms with Gasteiger partial charge in [0.2, 0.25) is 0 Å². The lowest BCUT2D eigenvalue weighted by atomic mass is 9.88. The van der Waals surface area contributed by atoms with Crippen LogP contribution in [0.5, 0.6) is 0 Å². The molecule has 1 aliphatic rings. The molecular weight excluding hydrogens is 549 g/mol. The maximum absolute atomic E-state index is 13.6. The molecule has 0 saturated carbocycles. The number of likely N-dealkylation sites (tertiary alicyclic amines) is 1. The Kier molecular flexibility index (Phi) is 13.2. The van der Waals surface area contributed by atoms with Gasteiger partial charge < -0.3 is 23.8 Å². The molecule has 0 bridgehead atoms. The number of hydrogen-bond acceptors (Lipinski definition) is 6. The van der Waals surface area contributed by atoms with Gasteiger partial charge in [-0.05, 0) is 87.9 Å². The quantitative estimate of drug-likeness (QED) is 0.387. The molecule has 0 radical (unpaired) electrons. The number of halogens is 1. The minimum atomic E-state index is -3.88. The first-order valence-corrected chi connectivity index (χ1v) is 14.8. The zero-order chi connectivity index (χ0) is 31.5. The van der Waals surface area contributed by atoms with Gasteiger partial charge >= 0.3 is 6.09 Å². The van der Waals surface area contributed by atoms with Gasteiger partial charge in [-0.25, -0.2) is 9.18 Å². The van der Waals surface area contributed by atoms with E-state index in [1.165, 1.54) is 18.2 Å². The lowest BCUT2D eigenvalue weighted by molar-refractivity contribution is -0.0987. The number of carbonyl (C=O) groups excluding carboxylic acids is 3. The number of amides is 1. The number of ether oxygens (including phenoxy) is 1. The number of benzene rings is 2. The van der Waals surface area contributed by atoms with Crippen LogP contribution >= 0.6 is 0 Å². The Labute approximate surface area is 242 Å². The standard InChI is InChI=1S/C26H32FN3O4S.C2H6.2CH2O/c1-17-14-19(18-10-12-30(13-11-18)25(31)34-26(2,3)4)6-8-22(17)28-35(32,33)24-16-20-15-21(27)7-9-23(20)29(24)5;3*1-2/h6-9,14-16,18,28H,10-13H2,1-5H3;1-2H3;2*1H2. The summed E-state index contributed by atoms with van der Waals surface area (Å²) in [6.07, 6.45) is 1.35. The van der Waals surface area contributed by atoms with Gasteiger partial charge in [0.05, 0.1) is 5.69 Å². The number of carbonyl (C=O) groups is 3. The van der Waals surface area contributed by atoms with Gasteiger partial charge in [-0.1, -0.05) is 26.0 Å². The Morgan fingerprint density at radius 3 is 2.12 bits per heavy atom. The fourth-order valence-electron chi connectivity index (χ4n) is 4.53. The van der Waals surface area contributed by atoms with Crippen molar-refractivity contribution in [3.63, 3.8) is 0 Å². The van der Waals surface area contributed by atoms with Crippen molar-refractivity contribution in [2.45, 2.75) is 70.9 Å². The monoisotopic (exact) mass is 591 g/mol. The zero-order valence-electron chi connectivity index (χ0n) is 25.0. The highest BCUT2D eigenvalue weighted by Gasteiger charge is 2.28. The SMILES string of the molecule is C=O.C=O.CC.Cc1cc(C2CCN(C(=O)OC(C)(C)C)CC2)ccc1NS(=O)(=O)c1cc2cc(F)ccc2n1C. The van der Waals surface area contributed by atoms with Crippen LogP contribution in [0.2, 0.25) is 0 Å². The van der Waals surface area contributed by atoms with Crippen molar-refractivity contribution in [1.82, 2.24) is 9.47 Å². The zero-order valence-corrected chi connectivity index (χ0v) is 25.8. The molecule has 0 atom stereocenters. The van der Waals surface area contributed by atoms with Crippen molar-refractivity contribution in [2.75, 3.05) is 17.8 Å². The van der Waals surface area contributed by atoms with Crippen LogP contribution in [0.25, 0.3) is 10.9 Å². The Morgan fingerprint density at radius 2 is 1.59 bits per heavy atom. The summed E-state index contributed by atoms with van der Waals surface area (Å²) in [6.45, 7) is 16.7. The van der Waals surface area contributed by atoms with Crippen molar-refractivity contribution >= 4 is 46.3 Å². The molecule has 1 amide bonds. The average Bonchev–Trinajstić information content (AvgIpc) is 3.28. The molecule has 0 unspecified atom stereocenters. The van der Waals surface area contributed by atoms with Gasteiger partial charge in [-0.2, -0.15) is 8.42 Å². The maximum atomic E-state index is 13.6. The maximum Gasteiger partial charge on any atom is 0.410 e. The average molecular weight is 592 g/mol. The molecule has 1 saturated heterocycles. The molecule has 41 heavy (non-hydrogen) atoms. The molecule has 2 aromatic carbocycles. The number of rotatable bonds is 4. The molecule has 11 heteroatoms. The van der Waals surface area contributed by atoms with Crippen LogP contribution in [0.1, 0.15) is 64.5 Å². The molecule has 0 aliphatic carbocycles. The summed E-state index contributed by atoms with van der Waals surface area (Å²) in [7, 11) is -2.23. The van der Waals surface area contributed by atoms with Gasteiger partial charge in [0.25, 0.3) is 10.0 Å². The summed E-state index contributed by atoms with van der Waals surface area (Å²) < 4.78 is 49.6. The minimum absolute atomic E-state index is 0.0658. The third-order valence-electron chi connectivity index (χ3n) is 6.35. The molecule has 9 nitrogen and oxygen atoms in total. The van der Waals surface area contributed by atoms with E-state index >= 15 is 0 Å². The Hall–Kier alpha value is -3.73. The first-order valence-electron chi connectivity index (χ1n) is 13.3. The molecule has 226 valence electrons. The van der Waals surface area contributed by atoms with E-state index in [0.717, 1.165) is 24.0 Å². The summed E-state index contributed by atoms with van der Waals surface area (Å²) in [5.41, 5.74) is 2.55. The van der Waals surface area contributed by atoms with E-state index < -0.39 is 21.4 Å². The van der Waals surface area contributed by atoms with Crippen LogP contribution in [0.4, 0.5) is 14.9 Å². The van der Waals surface area contributed by atoms with Crippen LogP contribution < -0.4 is 4.72 Å². The van der Waals surface area contributed by atoms with Gasteiger partial charge in [0, 0.05) is 31.0 Å². The largest absolute Gasteiger partial charge is 0.444 e. The number of fused-ring (bicyclic) bond motifs is 1. The molecular formula is C30H42FN3O6S. The third-order valence-corrected chi connectivity index (χ3v) is 7.78. The third kappa shape index (κ3) is 9.14. The molecule has 1 aliphatic heterocycles. The van der Waals surface area contributed by atoms with Gasteiger partial charge in [0.15, 0.2) is 5.03 Å². The fourth-order valence-corrected chi connectivity index (χ4v) is 5.89. The fraction of sp³-hybridized carbons (Fsp3) is 0.433. The van der Waals surface area contributed by atoms with Crippen molar-refractivity contribution in [1.29, 1.82) is 0 Å². The predicted molar refractivity (Wildman–Crippen MR) is 160 cm³/mol. The molecule has 1 N–H and O–H groups in total. The van der Waals surface area contributed by atoms with Gasteiger partial charge in [-0.15, -0.1) is 0 Å². The molecule has 3 aromatic rings. The highest BCUT2D eigenvalue weighted by atomic mass is 32.2. The normalized spacial score (nSPS) is 13.5. The van der Waals surface area contributed by atoms with Crippen molar-refractivity contribution < 1.29 is 31.9 Å². The van der Waals surface area contributed by atoms with E-state index in [-0.39, 0.29) is 17.0 Å². The van der Waals surface area contributed by atoms with Crippen LogP contribution in [0.3, 0.4) is 0 Å². The molecule has 1 fully saturated rings. The molecule has 0 spiro atoms. The molecule has 4 rings (SSSR count). The number of aryl methyl sites for hydroxylation is 2. The van der Waals surface area contributed by atoms with Crippen LogP contribution in [0.15, 0.2) is 47.5 Å². The Bertz CT molecular complexity index is 1410. The van der Waals surface area contributed by atoms with E-state index in [0.29, 0.717) is 29.7 Å². The number of piperidine rings is 1. The smallest absolute Gasteiger partial charge is 0.410 e. The number of hydrogen-bond donors (Lipinski definition) is 1. The minimum Gasteiger partial charge on any atom is -0.444 e. The first kappa shape index (κ1) is 35.3. The first-order chi connectivity index (χ1) is 19.3. The van der Waals surface area contributed by atoms with Crippen molar-refractivity contribution in [2.24, 2.45) is 7.05 Å². The second-order valence-corrected chi connectivity index (χ2v) is 11.8. The highest BCUT2D eigenvalue weighted by Crippen LogP contribution is 2.32. The summed E-state index contributed by atoms with van der Waals surface area (Å²) in [5.74, 6) is -0.130. The van der Waals surface area contributed by atoms with E-state index in [4.69, 9.17) is 14.3 Å². The summed E-state index contributed by atoms with van der Waals surface area (Å²) in [5, 5.41) is 0.591. The van der Waals surface area contributed by atoms with Crippen molar-refractivity contribution in [3.05, 3.63) is 59.4 Å². The Balaban J connectivity index is 0.00000131. The molecule has 2 heterocycles. The summed E-state index contributed by atoms with van der Waals surface area (Å²) >= 11 is 0. The predicted octanol–water partition coefficient (Wildman–Crippen LogP) is 6.20. The topological polar surface area (TPSA) is 115 Å². The van der Waals surface area contributed by atoms with Crippen LogP contribution in [-0.2, 0) is 31.4 Å². The molecule has 1 aromatic heterocycles. The van der Waals surface area contributed by atoms with E-state index in [2.05, 4.69) is 4.72 Å². The second-order valence-electron chi connectivity index (χ2n) is 10.2. The number of anilines is 1. The summed E-state index contributed by atoms with van der Waals surface area (Å²) in [4.78, 5) is 30.1. The van der Waals surface area contributed by atoms with Crippen LogP contribution in [-0.4, -0.2) is 56.2 Å². The van der Waals surface area contributed by atoms with Gasteiger partial charge in [-0.3, -0.25) is 4.72 Å². The van der Waals surface area contributed by atoms with E-state index in [9.17, 15) is 17.6 Å².